The van der Waals surface area contributed by atoms with Crippen LogP contribution in [0.3, 0.4) is 0 Å². The summed E-state index contributed by atoms with van der Waals surface area (Å²) < 4.78 is 1.92. The van der Waals surface area contributed by atoms with Gasteiger partial charge in [0.15, 0.2) is 11.5 Å². The van der Waals surface area contributed by atoms with Crippen molar-refractivity contribution in [2.75, 3.05) is 5.32 Å². The number of aryl methyl sites for hydroxylation is 1. The number of anilines is 1. The van der Waals surface area contributed by atoms with E-state index in [1.165, 1.54) is 31.2 Å². The van der Waals surface area contributed by atoms with Gasteiger partial charge in [0.1, 0.15) is 17.3 Å². The molecule has 0 saturated heterocycles. The Morgan fingerprint density at radius 2 is 1.96 bits per heavy atom. The lowest BCUT2D eigenvalue weighted by Crippen LogP contribution is -2.26. The van der Waals surface area contributed by atoms with Crippen molar-refractivity contribution in [3.05, 3.63) is 41.6 Å². The number of hydrogen-bond donors (Lipinski definition) is 2. The quantitative estimate of drug-likeness (QED) is 0.715. The van der Waals surface area contributed by atoms with Crippen LogP contribution in [0, 0.1) is 17.2 Å². The van der Waals surface area contributed by atoms with Gasteiger partial charge in [-0.3, -0.25) is 5.10 Å². The van der Waals surface area contributed by atoms with Crippen molar-refractivity contribution in [1.82, 2.24) is 14.6 Å². The van der Waals surface area contributed by atoms with Crippen LogP contribution in [-0.4, -0.2) is 20.6 Å². The molecule has 2 heterocycles. The minimum absolute atomic E-state index is 0.452. The first kappa shape index (κ1) is 16.7. The van der Waals surface area contributed by atoms with Gasteiger partial charge in [0.2, 0.25) is 0 Å². The first-order valence-electron chi connectivity index (χ1n) is 9.55. The molecule has 1 aliphatic carbocycles. The highest BCUT2D eigenvalue weighted by Gasteiger charge is 2.23. The van der Waals surface area contributed by atoms with E-state index in [1.807, 2.05) is 4.52 Å². The summed E-state index contributed by atoms with van der Waals surface area (Å²) in [7, 11) is 0. The molecular formula is C21H25N5. The summed E-state index contributed by atoms with van der Waals surface area (Å²) in [5.41, 5.74) is 4.56. The van der Waals surface area contributed by atoms with E-state index >= 15 is 0 Å². The van der Waals surface area contributed by atoms with Crippen molar-refractivity contribution in [2.45, 2.75) is 52.0 Å². The maximum absolute atomic E-state index is 9.37. The predicted octanol–water partition coefficient (Wildman–Crippen LogP) is 4.75. The Hall–Kier alpha value is -2.74. The van der Waals surface area contributed by atoms with Crippen LogP contribution in [0.15, 0.2) is 30.5 Å². The molecular weight excluding hydrogens is 322 g/mol. The third kappa shape index (κ3) is 2.96. The molecule has 2 aromatic heterocycles. The summed E-state index contributed by atoms with van der Waals surface area (Å²) in [6.45, 7) is 4.49. The van der Waals surface area contributed by atoms with Gasteiger partial charge in [-0.15, -0.1) is 0 Å². The molecule has 5 heteroatoms. The number of nitrogens with one attached hydrogen (secondary N) is 2. The molecule has 26 heavy (non-hydrogen) atoms. The van der Waals surface area contributed by atoms with E-state index in [9.17, 15) is 5.26 Å². The zero-order valence-electron chi connectivity index (χ0n) is 15.4. The molecule has 3 aromatic rings. The van der Waals surface area contributed by atoms with Gasteiger partial charge >= 0.3 is 0 Å². The molecule has 134 valence electrons. The molecule has 1 aromatic carbocycles. The average Bonchev–Trinajstić information content (AvgIpc) is 3.23. The fourth-order valence-electron chi connectivity index (χ4n) is 3.83. The fraction of sp³-hybridized carbons (Fsp3) is 0.429. The van der Waals surface area contributed by atoms with Crippen LogP contribution < -0.4 is 5.32 Å². The molecule has 0 atom stereocenters. The Bertz CT molecular complexity index is 933. The average molecular weight is 347 g/mol. The molecule has 0 aliphatic heterocycles. The lowest BCUT2D eigenvalue weighted by Gasteiger charge is -2.27. The molecule has 4 rings (SSSR count). The Labute approximate surface area is 154 Å². The number of nitriles is 1. The van der Waals surface area contributed by atoms with Crippen LogP contribution in [-0.2, 0) is 6.42 Å². The first-order valence-corrected chi connectivity index (χ1v) is 9.55. The maximum Gasteiger partial charge on any atom is 0.173 e. The van der Waals surface area contributed by atoms with Gasteiger partial charge in [0.05, 0.1) is 0 Å². The smallest absolute Gasteiger partial charge is 0.173 e. The number of aromatic nitrogens is 3. The van der Waals surface area contributed by atoms with E-state index in [1.54, 1.807) is 6.20 Å². The van der Waals surface area contributed by atoms with Crippen LogP contribution >= 0.6 is 0 Å². The van der Waals surface area contributed by atoms with E-state index in [4.69, 9.17) is 4.98 Å². The second-order valence-electron chi connectivity index (χ2n) is 7.42. The lowest BCUT2D eigenvalue weighted by atomic mass is 9.87. The van der Waals surface area contributed by atoms with E-state index in [2.05, 4.69) is 54.6 Å². The molecule has 1 saturated carbocycles. The Morgan fingerprint density at radius 3 is 2.62 bits per heavy atom. The molecule has 1 fully saturated rings. The molecule has 0 amide bonds. The molecule has 5 nitrogen and oxygen atoms in total. The van der Waals surface area contributed by atoms with Crippen molar-refractivity contribution in [2.24, 2.45) is 5.92 Å². The SMILES string of the molecule is CCc1ccc(-c2nc3c(C#N)c[nH]n3c2NC2CCC(C)CC2)cc1. The summed E-state index contributed by atoms with van der Waals surface area (Å²) in [5, 5.41) is 16.3. The normalized spacial score (nSPS) is 20.2. The monoisotopic (exact) mass is 347 g/mol. The van der Waals surface area contributed by atoms with E-state index in [-0.39, 0.29) is 0 Å². The van der Waals surface area contributed by atoms with E-state index in [0.717, 1.165) is 29.4 Å². The molecule has 0 unspecified atom stereocenters. The maximum atomic E-state index is 9.37. The van der Waals surface area contributed by atoms with E-state index < -0.39 is 0 Å². The summed E-state index contributed by atoms with van der Waals surface area (Å²) >= 11 is 0. The van der Waals surface area contributed by atoms with Crippen molar-refractivity contribution >= 4 is 11.5 Å². The van der Waals surface area contributed by atoms with Crippen molar-refractivity contribution in [3.8, 4) is 17.3 Å². The van der Waals surface area contributed by atoms with Crippen LogP contribution in [0.5, 0.6) is 0 Å². The first-order chi connectivity index (χ1) is 12.7. The third-order valence-electron chi connectivity index (χ3n) is 5.57. The van der Waals surface area contributed by atoms with Gasteiger partial charge < -0.3 is 5.32 Å². The van der Waals surface area contributed by atoms with Crippen LogP contribution in [0.1, 0.15) is 50.7 Å². The van der Waals surface area contributed by atoms with Crippen molar-refractivity contribution in [1.29, 1.82) is 5.26 Å². The number of imidazole rings is 1. The standard InChI is InChI=1S/C21H25N5/c1-3-15-6-8-16(9-7-15)19-21(24-18-10-4-14(2)5-11-18)26-20(25-19)17(12-22)13-23-26/h6-9,13-14,18,23-24H,3-5,10-11H2,1-2H3. The number of nitrogens with zero attached hydrogens (tertiary/aromatic N) is 3. The van der Waals surface area contributed by atoms with Crippen LogP contribution in [0.4, 0.5) is 5.82 Å². The highest BCUT2D eigenvalue weighted by Crippen LogP contribution is 2.33. The number of rotatable bonds is 4. The Morgan fingerprint density at radius 1 is 1.23 bits per heavy atom. The number of H-pyrrole nitrogens is 1. The van der Waals surface area contributed by atoms with Gasteiger partial charge in [-0.2, -0.15) is 5.26 Å². The largest absolute Gasteiger partial charge is 0.365 e. The van der Waals surface area contributed by atoms with Gasteiger partial charge in [-0.1, -0.05) is 38.1 Å². The minimum atomic E-state index is 0.452. The Balaban J connectivity index is 1.75. The fourth-order valence-corrected chi connectivity index (χ4v) is 3.83. The van der Waals surface area contributed by atoms with Gasteiger partial charge in [0.25, 0.3) is 0 Å². The second-order valence-corrected chi connectivity index (χ2v) is 7.42. The third-order valence-corrected chi connectivity index (χ3v) is 5.57. The molecule has 0 bridgehead atoms. The summed E-state index contributed by atoms with van der Waals surface area (Å²) in [6.07, 6.45) is 7.61. The number of fused-ring (bicyclic) bond motifs is 1. The lowest BCUT2D eigenvalue weighted by molar-refractivity contribution is 0.360. The van der Waals surface area contributed by atoms with Gasteiger partial charge in [0, 0.05) is 17.8 Å². The topological polar surface area (TPSA) is 68.9 Å². The number of hydrogen-bond acceptors (Lipinski definition) is 3. The second kappa shape index (κ2) is 6.87. The van der Waals surface area contributed by atoms with Crippen molar-refractivity contribution < 1.29 is 0 Å². The predicted molar refractivity (Wildman–Crippen MR) is 104 cm³/mol. The highest BCUT2D eigenvalue weighted by molar-refractivity contribution is 5.78. The molecule has 1 aliphatic rings. The Kier molecular flexibility index (Phi) is 4.42. The van der Waals surface area contributed by atoms with Crippen molar-refractivity contribution in [3.63, 3.8) is 0 Å². The van der Waals surface area contributed by atoms with Crippen LogP contribution in [0.2, 0.25) is 0 Å². The van der Waals surface area contributed by atoms with Gasteiger partial charge in [-0.05, 0) is 43.6 Å². The zero-order valence-corrected chi connectivity index (χ0v) is 15.4. The molecule has 0 spiro atoms. The summed E-state index contributed by atoms with van der Waals surface area (Å²) in [4.78, 5) is 4.80. The van der Waals surface area contributed by atoms with Gasteiger partial charge in [-0.25, -0.2) is 9.50 Å². The zero-order chi connectivity index (χ0) is 18.1. The highest BCUT2D eigenvalue weighted by atomic mass is 15.3. The number of benzene rings is 1. The summed E-state index contributed by atoms with van der Waals surface area (Å²) in [6, 6.07) is 11.2. The minimum Gasteiger partial charge on any atom is -0.365 e. The number of aromatic amines is 1. The van der Waals surface area contributed by atoms with Crippen LogP contribution in [0.25, 0.3) is 16.9 Å². The molecule has 0 radical (unpaired) electrons. The molecule has 2 N–H and O–H groups in total. The summed E-state index contributed by atoms with van der Waals surface area (Å²) in [5.74, 6) is 1.78. The van der Waals surface area contributed by atoms with E-state index in [0.29, 0.717) is 17.3 Å².